The van der Waals surface area contributed by atoms with Crippen molar-refractivity contribution in [3.8, 4) is 0 Å². The highest BCUT2D eigenvalue weighted by Crippen LogP contribution is 2.24. The molecule has 0 radical (unpaired) electrons. The quantitative estimate of drug-likeness (QED) is 0.898. The molecule has 2 amide bonds. The third-order valence-electron chi connectivity index (χ3n) is 3.67. The normalized spacial score (nSPS) is 20.2. The van der Waals surface area contributed by atoms with Crippen LogP contribution in [-0.2, 0) is 0 Å². The van der Waals surface area contributed by atoms with Crippen LogP contribution in [0.4, 0.5) is 4.79 Å². The van der Waals surface area contributed by atoms with Gasteiger partial charge in [-0.1, -0.05) is 36.4 Å². The summed E-state index contributed by atoms with van der Waals surface area (Å²) in [5.74, 6) is 0. The van der Waals surface area contributed by atoms with Gasteiger partial charge in [-0.3, -0.25) is 0 Å². The topological polar surface area (TPSA) is 58.4 Å². The molecule has 3 rings (SSSR count). The number of urea groups is 1. The number of hydrogen-bond acceptors (Lipinski definition) is 2. The molecule has 104 valence electrons. The highest BCUT2D eigenvalue weighted by molar-refractivity contribution is 5.84. The van der Waals surface area contributed by atoms with Gasteiger partial charge in [0, 0.05) is 19.1 Å². The molecule has 0 aromatic heterocycles. The minimum Gasteiger partial charge on any atom is -0.329 e. The van der Waals surface area contributed by atoms with Gasteiger partial charge in [-0.25, -0.2) is 4.79 Å². The summed E-state index contributed by atoms with van der Waals surface area (Å²) in [7, 11) is 0. The summed E-state index contributed by atoms with van der Waals surface area (Å²) < 4.78 is 0. The van der Waals surface area contributed by atoms with Crippen molar-refractivity contribution in [1.29, 1.82) is 0 Å². The van der Waals surface area contributed by atoms with Gasteiger partial charge in [0.15, 0.2) is 0 Å². The Morgan fingerprint density at radius 1 is 1.30 bits per heavy atom. The first-order valence-corrected chi connectivity index (χ1v) is 6.93. The maximum atomic E-state index is 11.9. The highest BCUT2D eigenvalue weighted by atomic mass is 16.2. The van der Waals surface area contributed by atoms with Gasteiger partial charge >= 0.3 is 6.03 Å². The van der Waals surface area contributed by atoms with Crippen LogP contribution >= 0.6 is 0 Å². The molecule has 1 aliphatic rings. The minimum absolute atomic E-state index is 0.00361. The van der Waals surface area contributed by atoms with Gasteiger partial charge in [0.05, 0.1) is 6.04 Å². The summed E-state index contributed by atoms with van der Waals surface area (Å²) in [5, 5.41) is 5.44. The molecule has 0 saturated carbocycles. The summed E-state index contributed by atoms with van der Waals surface area (Å²) in [6.07, 6.45) is 0. The van der Waals surface area contributed by atoms with Crippen LogP contribution in [-0.4, -0.2) is 30.1 Å². The number of hydrogen-bond donors (Lipinski definition) is 2. The lowest BCUT2D eigenvalue weighted by molar-refractivity contribution is 0.215. The van der Waals surface area contributed by atoms with E-state index in [-0.39, 0.29) is 18.1 Å². The second kappa shape index (κ2) is 5.13. The molecule has 0 bridgehead atoms. The van der Waals surface area contributed by atoms with Crippen molar-refractivity contribution in [3.05, 3.63) is 48.0 Å². The van der Waals surface area contributed by atoms with Crippen LogP contribution in [0.1, 0.15) is 18.5 Å². The molecule has 2 aromatic rings. The Morgan fingerprint density at radius 3 is 2.80 bits per heavy atom. The van der Waals surface area contributed by atoms with Crippen molar-refractivity contribution >= 4 is 16.8 Å². The summed E-state index contributed by atoms with van der Waals surface area (Å²) >= 11 is 0. The predicted octanol–water partition coefficient (Wildman–Crippen LogP) is 2.25. The van der Waals surface area contributed by atoms with Gasteiger partial charge in [-0.2, -0.15) is 0 Å². The Balaban J connectivity index is 1.83. The zero-order valence-corrected chi connectivity index (χ0v) is 11.5. The molecule has 0 spiro atoms. The van der Waals surface area contributed by atoms with E-state index in [9.17, 15) is 4.79 Å². The van der Waals surface area contributed by atoms with Crippen molar-refractivity contribution in [3.63, 3.8) is 0 Å². The van der Waals surface area contributed by atoms with E-state index in [0.29, 0.717) is 13.1 Å². The first-order chi connectivity index (χ1) is 9.63. The van der Waals surface area contributed by atoms with E-state index < -0.39 is 0 Å². The molecule has 2 aromatic carbocycles. The number of nitrogens with one attached hydrogen (secondary N) is 1. The third-order valence-corrected chi connectivity index (χ3v) is 3.67. The smallest absolute Gasteiger partial charge is 0.318 e. The second-order valence-corrected chi connectivity index (χ2v) is 5.49. The zero-order chi connectivity index (χ0) is 14.1. The third kappa shape index (κ3) is 2.47. The van der Waals surface area contributed by atoms with Crippen molar-refractivity contribution < 1.29 is 4.79 Å². The van der Waals surface area contributed by atoms with E-state index in [2.05, 4.69) is 35.6 Å². The molecule has 4 heteroatoms. The van der Waals surface area contributed by atoms with E-state index in [1.165, 1.54) is 10.8 Å². The lowest BCUT2D eigenvalue weighted by Crippen LogP contribution is -2.37. The Morgan fingerprint density at radius 2 is 2.05 bits per heavy atom. The number of fused-ring (bicyclic) bond motifs is 1. The Kier molecular flexibility index (Phi) is 3.32. The van der Waals surface area contributed by atoms with E-state index in [1.807, 2.05) is 19.1 Å². The van der Waals surface area contributed by atoms with Gasteiger partial charge in [0.1, 0.15) is 0 Å². The van der Waals surface area contributed by atoms with Crippen molar-refractivity contribution in [2.24, 2.45) is 5.73 Å². The number of rotatable bonds is 3. The monoisotopic (exact) mass is 269 g/mol. The van der Waals surface area contributed by atoms with Crippen LogP contribution in [0.15, 0.2) is 42.5 Å². The molecule has 1 fully saturated rings. The Labute approximate surface area is 118 Å². The SMILES string of the molecule is CC(N)CN1CC(c2ccc3ccccc3c2)NC1=O. The van der Waals surface area contributed by atoms with Crippen LogP contribution in [0, 0.1) is 0 Å². The lowest BCUT2D eigenvalue weighted by atomic mass is 10.0. The second-order valence-electron chi connectivity index (χ2n) is 5.49. The maximum Gasteiger partial charge on any atom is 0.318 e. The summed E-state index contributed by atoms with van der Waals surface area (Å²) in [6.45, 7) is 3.19. The fourth-order valence-electron chi connectivity index (χ4n) is 2.71. The van der Waals surface area contributed by atoms with E-state index in [0.717, 1.165) is 5.56 Å². The summed E-state index contributed by atoms with van der Waals surface area (Å²) in [4.78, 5) is 13.7. The van der Waals surface area contributed by atoms with Gasteiger partial charge in [-0.15, -0.1) is 0 Å². The average molecular weight is 269 g/mol. The molecule has 1 saturated heterocycles. The first-order valence-electron chi connectivity index (χ1n) is 6.93. The highest BCUT2D eigenvalue weighted by Gasteiger charge is 2.29. The standard InChI is InChI=1S/C16H19N3O/c1-11(17)9-19-10-15(18-16(19)20)14-7-6-12-4-2-3-5-13(12)8-14/h2-8,11,15H,9-10,17H2,1H3,(H,18,20). The van der Waals surface area contributed by atoms with Gasteiger partial charge in [0.2, 0.25) is 0 Å². The number of carbonyl (C=O) groups excluding carboxylic acids is 1. The fourth-order valence-corrected chi connectivity index (χ4v) is 2.71. The average Bonchev–Trinajstić information content (AvgIpc) is 2.79. The number of nitrogens with zero attached hydrogens (tertiary/aromatic N) is 1. The summed E-state index contributed by atoms with van der Waals surface area (Å²) in [5.41, 5.74) is 6.91. The number of amides is 2. The Bertz CT molecular complexity index is 638. The molecule has 1 aliphatic heterocycles. The number of benzene rings is 2. The Hall–Kier alpha value is -2.07. The minimum atomic E-state index is -0.0274. The first kappa shape index (κ1) is 12.9. The predicted molar refractivity (Wildman–Crippen MR) is 80.4 cm³/mol. The zero-order valence-electron chi connectivity index (χ0n) is 11.5. The molecular formula is C16H19N3O. The van der Waals surface area contributed by atoms with Gasteiger partial charge in [-0.05, 0) is 29.3 Å². The molecule has 4 nitrogen and oxygen atoms in total. The van der Waals surface area contributed by atoms with Crippen LogP contribution in [0.2, 0.25) is 0 Å². The van der Waals surface area contributed by atoms with E-state index >= 15 is 0 Å². The van der Waals surface area contributed by atoms with E-state index in [1.54, 1.807) is 4.90 Å². The van der Waals surface area contributed by atoms with Crippen molar-refractivity contribution in [1.82, 2.24) is 10.2 Å². The molecule has 1 heterocycles. The van der Waals surface area contributed by atoms with Gasteiger partial charge in [0.25, 0.3) is 0 Å². The molecule has 2 unspecified atom stereocenters. The fraction of sp³-hybridized carbons (Fsp3) is 0.312. The van der Waals surface area contributed by atoms with E-state index in [4.69, 9.17) is 5.73 Å². The largest absolute Gasteiger partial charge is 0.329 e. The number of carbonyl (C=O) groups is 1. The van der Waals surface area contributed by atoms with Crippen LogP contribution in [0.5, 0.6) is 0 Å². The molecule has 2 atom stereocenters. The molecule has 0 aliphatic carbocycles. The van der Waals surface area contributed by atoms with Crippen molar-refractivity contribution in [2.75, 3.05) is 13.1 Å². The van der Waals surface area contributed by atoms with Crippen LogP contribution in [0.3, 0.4) is 0 Å². The van der Waals surface area contributed by atoms with Crippen LogP contribution < -0.4 is 11.1 Å². The van der Waals surface area contributed by atoms with Crippen LogP contribution in [0.25, 0.3) is 10.8 Å². The van der Waals surface area contributed by atoms with Gasteiger partial charge < -0.3 is 16.0 Å². The van der Waals surface area contributed by atoms with Crippen molar-refractivity contribution in [2.45, 2.75) is 19.0 Å². The molecular weight excluding hydrogens is 250 g/mol. The molecule has 3 N–H and O–H groups in total. The lowest BCUT2D eigenvalue weighted by Gasteiger charge is -2.17. The number of nitrogens with two attached hydrogens (primary N) is 1. The summed E-state index contributed by atoms with van der Waals surface area (Å²) in [6, 6.07) is 14.6. The molecule has 20 heavy (non-hydrogen) atoms. The maximum absolute atomic E-state index is 11.9.